The second-order valence-corrected chi connectivity index (χ2v) is 8.44. The van der Waals surface area contributed by atoms with Crippen molar-refractivity contribution in [2.24, 2.45) is 0 Å². The molecule has 0 aliphatic carbocycles. The van der Waals surface area contributed by atoms with E-state index in [-0.39, 0.29) is 5.91 Å². The molecule has 2 aliphatic heterocycles. The molecule has 29 heavy (non-hydrogen) atoms. The third-order valence-corrected chi connectivity index (χ3v) is 5.91. The summed E-state index contributed by atoms with van der Waals surface area (Å²) in [7, 11) is 2.08. The first-order valence-electron chi connectivity index (χ1n) is 9.83. The van der Waals surface area contributed by atoms with Gasteiger partial charge < -0.3 is 9.80 Å². The highest BCUT2D eigenvalue weighted by Crippen LogP contribution is 2.27. The van der Waals surface area contributed by atoms with E-state index in [4.69, 9.17) is 0 Å². The van der Waals surface area contributed by atoms with E-state index < -0.39 is 0 Å². The van der Waals surface area contributed by atoms with Crippen LogP contribution in [0, 0.1) is 11.8 Å². The molecule has 2 aromatic rings. The molecule has 0 atom stereocenters. The fourth-order valence-electron chi connectivity index (χ4n) is 3.86. The van der Waals surface area contributed by atoms with Crippen LogP contribution in [0.2, 0.25) is 0 Å². The summed E-state index contributed by atoms with van der Waals surface area (Å²) in [6, 6.07) is 18.2. The summed E-state index contributed by atoms with van der Waals surface area (Å²) in [5, 5.41) is 0. The summed E-state index contributed by atoms with van der Waals surface area (Å²) < 4.78 is 1.05. The van der Waals surface area contributed by atoms with Crippen molar-refractivity contribution in [1.82, 2.24) is 14.7 Å². The Morgan fingerprint density at radius 1 is 1.07 bits per heavy atom. The van der Waals surface area contributed by atoms with Gasteiger partial charge in [0.25, 0.3) is 5.91 Å². The molecule has 0 fully saturated rings. The standard InChI is InChI=1S/C24H24BrN3O/c1-26-18-28(16-20-9-11-21(25)12-10-20)24(29)22-17-27(15-13-23(22)26)14-5-8-19-6-3-2-4-7-19/h2-4,6-7,9-12H,13-18H2,1H3. The zero-order valence-corrected chi connectivity index (χ0v) is 18.2. The van der Waals surface area contributed by atoms with Crippen molar-refractivity contribution in [1.29, 1.82) is 0 Å². The average molecular weight is 450 g/mol. The third kappa shape index (κ3) is 4.72. The van der Waals surface area contributed by atoms with Gasteiger partial charge in [-0.1, -0.05) is 58.1 Å². The predicted octanol–water partition coefficient (Wildman–Crippen LogP) is 3.69. The normalized spacial score (nSPS) is 17.1. The fraction of sp³-hybridized carbons (Fsp3) is 0.292. The van der Waals surface area contributed by atoms with Gasteiger partial charge in [-0.3, -0.25) is 9.69 Å². The summed E-state index contributed by atoms with van der Waals surface area (Å²) >= 11 is 3.47. The Kier molecular flexibility index (Phi) is 6.03. The molecule has 0 radical (unpaired) electrons. The van der Waals surface area contributed by atoms with Crippen LogP contribution in [-0.2, 0) is 11.3 Å². The van der Waals surface area contributed by atoms with E-state index >= 15 is 0 Å². The molecule has 4 rings (SSSR count). The number of nitrogens with zero attached hydrogens (tertiary/aromatic N) is 3. The number of amides is 1. The van der Waals surface area contributed by atoms with Crippen LogP contribution in [-0.4, -0.2) is 54.0 Å². The molecule has 1 amide bonds. The second-order valence-electron chi connectivity index (χ2n) is 7.52. The van der Waals surface area contributed by atoms with Crippen molar-refractivity contribution >= 4 is 21.8 Å². The van der Waals surface area contributed by atoms with Crippen molar-refractivity contribution in [3.05, 3.63) is 81.5 Å². The Morgan fingerprint density at radius 3 is 2.59 bits per heavy atom. The Bertz CT molecular complexity index is 973. The molecular weight excluding hydrogens is 426 g/mol. The molecule has 0 saturated heterocycles. The summed E-state index contributed by atoms with van der Waals surface area (Å²) in [4.78, 5) is 19.6. The molecule has 5 heteroatoms. The summed E-state index contributed by atoms with van der Waals surface area (Å²) in [6.07, 6.45) is 0.900. The van der Waals surface area contributed by atoms with Crippen LogP contribution in [0.4, 0.5) is 0 Å². The quantitative estimate of drug-likeness (QED) is 0.668. The average Bonchev–Trinajstić information content (AvgIpc) is 2.74. The van der Waals surface area contributed by atoms with Crippen molar-refractivity contribution in [3.63, 3.8) is 0 Å². The lowest BCUT2D eigenvalue weighted by molar-refractivity contribution is -0.131. The topological polar surface area (TPSA) is 26.8 Å². The number of carbonyl (C=O) groups excluding carboxylic acids is 1. The zero-order valence-electron chi connectivity index (χ0n) is 16.6. The minimum Gasteiger partial charge on any atom is -0.360 e. The van der Waals surface area contributed by atoms with Crippen LogP contribution in [0.3, 0.4) is 0 Å². The second kappa shape index (κ2) is 8.86. The van der Waals surface area contributed by atoms with E-state index in [9.17, 15) is 4.79 Å². The van der Waals surface area contributed by atoms with E-state index in [1.54, 1.807) is 0 Å². The molecule has 0 aromatic heterocycles. The van der Waals surface area contributed by atoms with E-state index in [0.717, 1.165) is 34.1 Å². The zero-order chi connectivity index (χ0) is 20.2. The minimum absolute atomic E-state index is 0.154. The first-order valence-corrected chi connectivity index (χ1v) is 10.6. The van der Waals surface area contributed by atoms with Crippen LogP contribution in [0.15, 0.2) is 70.3 Å². The van der Waals surface area contributed by atoms with Gasteiger partial charge in [0, 0.05) is 48.8 Å². The van der Waals surface area contributed by atoms with Crippen molar-refractivity contribution in [2.75, 3.05) is 33.4 Å². The molecule has 4 nitrogen and oxygen atoms in total. The maximum absolute atomic E-state index is 13.2. The van der Waals surface area contributed by atoms with Crippen LogP contribution < -0.4 is 0 Å². The Morgan fingerprint density at radius 2 is 1.83 bits per heavy atom. The molecular formula is C24H24BrN3O. The van der Waals surface area contributed by atoms with Crippen LogP contribution in [0.5, 0.6) is 0 Å². The Balaban J connectivity index is 1.44. The molecule has 2 aliphatic rings. The van der Waals surface area contributed by atoms with Crippen molar-refractivity contribution in [2.45, 2.75) is 13.0 Å². The molecule has 148 valence electrons. The molecule has 0 unspecified atom stereocenters. The predicted molar refractivity (Wildman–Crippen MR) is 119 cm³/mol. The van der Waals surface area contributed by atoms with Gasteiger partial charge in [0.1, 0.15) is 0 Å². The van der Waals surface area contributed by atoms with Crippen molar-refractivity contribution < 1.29 is 4.79 Å². The fourth-order valence-corrected chi connectivity index (χ4v) is 4.12. The SMILES string of the molecule is CN1CN(Cc2ccc(Br)cc2)C(=O)C2=C1CCN(CC#Cc1ccccc1)C2. The number of halogens is 1. The van der Waals surface area contributed by atoms with Gasteiger partial charge in [-0.15, -0.1) is 0 Å². The highest BCUT2D eigenvalue weighted by molar-refractivity contribution is 9.10. The maximum Gasteiger partial charge on any atom is 0.254 e. The van der Waals surface area contributed by atoms with Gasteiger partial charge in [-0.2, -0.15) is 0 Å². The van der Waals surface area contributed by atoms with E-state index in [1.807, 2.05) is 47.4 Å². The highest BCUT2D eigenvalue weighted by Gasteiger charge is 2.33. The number of hydrogen-bond acceptors (Lipinski definition) is 3. The monoisotopic (exact) mass is 449 g/mol. The molecule has 2 aromatic carbocycles. The van der Waals surface area contributed by atoms with E-state index in [2.05, 4.69) is 56.8 Å². The van der Waals surface area contributed by atoms with Crippen LogP contribution in [0.1, 0.15) is 17.5 Å². The number of rotatable bonds is 3. The molecule has 2 heterocycles. The Labute approximate surface area is 180 Å². The summed E-state index contributed by atoms with van der Waals surface area (Å²) in [6.45, 7) is 3.55. The summed E-state index contributed by atoms with van der Waals surface area (Å²) in [5.41, 5.74) is 4.27. The lowest BCUT2D eigenvalue weighted by Gasteiger charge is -2.42. The smallest absolute Gasteiger partial charge is 0.254 e. The lowest BCUT2D eigenvalue weighted by atomic mass is 10.0. The first-order chi connectivity index (χ1) is 14.1. The lowest BCUT2D eigenvalue weighted by Crippen LogP contribution is -2.50. The first kappa shape index (κ1) is 19.8. The number of hydrogen-bond donors (Lipinski definition) is 0. The van der Waals surface area contributed by atoms with E-state index in [1.165, 1.54) is 5.70 Å². The maximum atomic E-state index is 13.2. The number of benzene rings is 2. The summed E-state index contributed by atoms with van der Waals surface area (Å²) in [5.74, 6) is 6.63. The van der Waals surface area contributed by atoms with Crippen LogP contribution in [0.25, 0.3) is 0 Å². The van der Waals surface area contributed by atoms with Crippen LogP contribution >= 0.6 is 15.9 Å². The molecule has 0 bridgehead atoms. The molecule has 0 spiro atoms. The van der Waals surface area contributed by atoms with Gasteiger partial charge >= 0.3 is 0 Å². The van der Waals surface area contributed by atoms with Gasteiger partial charge in [0.2, 0.25) is 0 Å². The molecule has 0 N–H and O–H groups in total. The van der Waals surface area contributed by atoms with Crippen molar-refractivity contribution in [3.8, 4) is 11.8 Å². The van der Waals surface area contributed by atoms with Gasteiger partial charge in [0.15, 0.2) is 0 Å². The Hall–Kier alpha value is -2.55. The minimum atomic E-state index is 0.154. The largest absolute Gasteiger partial charge is 0.360 e. The third-order valence-electron chi connectivity index (χ3n) is 5.38. The van der Waals surface area contributed by atoms with Gasteiger partial charge in [0.05, 0.1) is 18.8 Å². The van der Waals surface area contributed by atoms with E-state index in [0.29, 0.717) is 26.3 Å². The highest BCUT2D eigenvalue weighted by atomic mass is 79.9. The number of carbonyl (C=O) groups is 1. The molecule has 0 saturated carbocycles. The van der Waals surface area contributed by atoms with Gasteiger partial charge in [-0.25, -0.2) is 0 Å². The van der Waals surface area contributed by atoms with Gasteiger partial charge in [-0.05, 0) is 29.8 Å².